The Morgan fingerprint density at radius 1 is 1.22 bits per heavy atom. The van der Waals surface area contributed by atoms with Crippen molar-refractivity contribution >= 4 is 12.6 Å². The van der Waals surface area contributed by atoms with Gasteiger partial charge in [0.15, 0.2) is 0 Å². The van der Waals surface area contributed by atoms with Crippen LogP contribution in [0.4, 0.5) is 0 Å². The molecule has 0 rings (SSSR count). The summed E-state index contributed by atoms with van der Waals surface area (Å²) in [6, 6.07) is 0. The molecule has 0 spiro atoms. The quantitative estimate of drug-likeness (QED) is 0.525. The van der Waals surface area contributed by atoms with E-state index in [0.717, 1.165) is 6.61 Å². The van der Waals surface area contributed by atoms with Crippen LogP contribution in [-0.2, 0) is 4.74 Å². The molecule has 1 nitrogen and oxygen atoms in total. The molecule has 0 N–H and O–H groups in total. The van der Waals surface area contributed by atoms with Crippen molar-refractivity contribution in [2.24, 2.45) is 0 Å². The molecule has 0 aliphatic rings. The third kappa shape index (κ3) is 8.31. The first-order chi connectivity index (χ1) is 4.41. The minimum atomic E-state index is 0.451. The number of unbranched alkanes of at least 4 members (excludes halogenated alkanes) is 3. The lowest BCUT2D eigenvalue weighted by atomic mass is 10.2. The van der Waals surface area contributed by atoms with Crippen LogP contribution in [-0.4, -0.2) is 12.5 Å². The fourth-order valence-corrected chi connectivity index (χ4v) is 0.808. The minimum Gasteiger partial charge on any atom is -0.370 e. The lowest BCUT2D eigenvalue weighted by Crippen LogP contribution is -1.90. The largest absolute Gasteiger partial charge is 0.370 e. The van der Waals surface area contributed by atoms with Crippen LogP contribution in [0.25, 0.3) is 0 Å². The van der Waals surface area contributed by atoms with Crippen LogP contribution in [0.5, 0.6) is 0 Å². The predicted octanol–water partition coefficient (Wildman–Crippen LogP) is 2.74. The van der Waals surface area contributed by atoms with E-state index >= 15 is 0 Å². The number of ether oxygens (including phenoxy) is 1. The van der Waals surface area contributed by atoms with Gasteiger partial charge in [-0.05, 0) is 6.42 Å². The molecule has 1 radical (unpaired) electrons. The summed E-state index contributed by atoms with van der Waals surface area (Å²) in [6.45, 7) is 3.05. The summed E-state index contributed by atoms with van der Waals surface area (Å²) in [6.07, 6.45) is 5.06. The van der Waals surface area contributed by atoms with Crippen molar-refractivity contribution < 1.29 is 4.74 Å². The molecular formula is C7H15OS. The van der Waals surface area contributed by atoms with E-state index in [0.29, 0.717) is 5.94 Å². The van der Waals surface area contributed by atoms with Gasteiger partial charge in [-0.25, -0.2) is 0 Å². The van der Waals surface area contributed by atoms with E-state index in [2.05, 4.69) is 19.6 Å². The first-order valence-electron chi connectivity index (χ1n) is 3.57. The SMILES string of the molecule is CCCCCCOC[S]. The molecule has 9 heavy (non-hydrogen) atoms. The highest BCUT2D eigenvalue weighted by molar-refractivity contribution is 7.80. The molecule has 0 fully saturated rings. The highest BCUT2D eigenvalue weighted by Gasteiger charge is 1.85. The summed E-state index contributed by atoms with van der Waals surface area (Å²) >= 11 is 4.61. The van der Waals surface area contributed by atoms with Crippen LogP contribution in [0.2, 0.25) is 0 Å². The van der Waals surface area contributed by atoms with Gasteiger partial charge in [-0.3, -0.25) is 0 Å². The summed E-state index contributed by atoms with van der Waals surface area (Å²) in [5.41, 5.74) is 0. The zero-order chi connectivity index (χ0) is 6.95. The second kappa shape index (κ2) is 8.31. The molecule has 0 aliphatic carbocycles. The maximum atomic E-state index is 4.99. The van der Waals surface area contributed by atoms with Crippen LogP contribution in [0, 0.1) is 0 Å². The molecule has 0 heterocycles. The fourth-order valence-electron chi connectivity index (χ4n) is 0.690. The van der Waals surface area contributed by atoms with Gasteiger partial charge in [-0.2, -0.15) is 0 Å². The Balaban J connectivity index is 2.60. The predicted molar refractivity (Wildman–Crippen MR) is 42.6 cm³/mol. The summed E-state index contributed by atoms with van der Waals surface area (Å²) in [5, 5.41) is 0. The molecule has 0 atom stereocenters. The van der Waals surface area contributed by atoms with E-state index in [-0.39, 0.29) is 0 Å². The van der Waals surface area contributed by atoms with E-state index in [1.807, 2.05) is 0 Å². The molecule has 0 bridgehead atoms. The van der Waals surface area contributed by atoms with Gasteiger partial charge in [0.1, 0.15) is 5.94 Å². The van der Waals surface area contributed by atoms with Gasteiger partial charge < -0.3 is 4.74 Å². The third-order valence-corrected chi connectivity index (χ3v) is 1.39. The number of hydrogen-bond donors (Lipinski definition) is 0. The summed E-state index contributed by atoms with van der Waals surface area (Å²) in [5.74, 6) is 0.451. The zero-order valence-electron chi connectivity index (χ0n) is 6.06. The van der Waals surface area contributed by atoms with E-state index in [4.69, 9.17) is 4.74 Å². The average Bonchev–Trinajstić information content (AvgIpc) is 1.89. The molecule has 55 valence electrons. The van der Waals surface area contributed by atoms with Crippen molar-refractivity contribution in [2.45, 2.75) is 32.6 Å². The molecule has 0 amide bonds. The van der Waals surface area contributed by atoms with Crippen LogP contribution in [0.1, 0.15) is 32.6 Å². The molecule has 0 aliphatic heterocycles. The van der Waals surface area contributed by atoms with Crippen molar-refractivity contribution in [1.82, 2.24) is 0 Å². The smallest absolute Gasteiger partial charge is 0.102 e. The van der Waals surface area contributed by atoms with Crippen molar-refractivity contribution in [1.29, 1.82) is 0 Å². The van der Waals surface area contributed by atoms with Crippen LogP contribution in [0.3, 0.4) is 0 Å². The highest BCUT2D eigenvalue weighted by atomic mass is 32.1. The molecule has 0 aromatic carbocycles. The standard InChI is InChI=1S/C7H15OS/c1-2-3-4-5-6-8-7-9/h2-7H2,1H3. The lowest BCUT2D eigenvalue weighted by Gasteiger charge is -1.97. The summed E-state index contributed by atoms with van der Waals surface area (Å²) < 4.78 is 4.99. The Bertz CT molecular complexity index is 42.2. The second-order valence-corrected chi connectivity index (χ2v) is 2.32. The van der Waals surface area contributed by atoms with Gasteiger partial charge in [0.05, 0.1) is 0 Å². The molecule has 0 aromatic rings. The molecule has 2 heteroatoms. The maximum absolute atomic E-state index is 4.99. The van der Waals surface area contributed by atoms with Gasteiger partial charge >= 0.3 is 0 Å². The first-order valence-corrected chi connectivity index (χ1v) is 4.15. The van der Waals surface area contributed by atoms with Crippen molar-refractivity contribution in [3.63, 3.8) is 0 Å². The normalized spacial score (nSPS) is 10.0. The number of rotatable bonds is 6. The topological polar surface area (TPSA) is 9.23 Å². The zero-order valence-corrected chi connectivity index (χ0v) is 6.88. The Labute approximate surface area is 63.2 Å². The van der Waals surface area contributed by atoms with Crippen LogP contribution < -0.4 is 0 Å². The van der Waals surface area contributed by atoms with Crippen molar-refractivity contribution in [3.8, 4) is 0 Å². The van der Waals surface area contributed by atoms with Crippen molar-refractivity contribution in [3.05, 3.63) is 0 Å². The Morgan fingerprint density at radius 3 is 2.56 bits per heavy atom. The summed E-state index contributed by atoms with van der Waals surface area (Å²) in [7, 11) is 0. The summed E-state index contributed by atoms with van der Waals surface area (Å²) in [4.78, 5) is 0. The highest BCUT2D eigenvalue weighted by Crippen LogP contribution is 1.98. The van der Waals surface area contributed by atoms with Crippen LogP contribution >= 0.6 is 12.6 Å². The maximum Gasteiger partial charge on any atom is 0.102 e. The minimum absolute atomic E-state index is 0.451. The first kappa shape index (κ1) is 9.31. The van der Waals surface area contributed by atoms with Crippen LogP contribution in [0.15, 0.2) is 0 Å². The second-order valence-electron chi connectivity index (χ2n) is 2.09. The Kier molecular flexibility index (Phi) is 8.60. The van der Waals surface area contributed by atoms with Crippen molar-refractivity contribution in [2.75, 3.05) is 12.5 Å². The average molecular weight is 147 g/mol. The van der Waals surface area contributed by atoms with Gasteiger partial charge in [0, 0.05) is 6.61 Å². The third-order valence-electron chi connectivity index (χ3n) is 1.23. The van der Waals surface area contributed by atoms with E-state index < -0.39 is 0 Å². The lowest BCUT2D eigenvalue weighted by molar-refractivity contribution is 0.178. The molecule has 0 saturated heterocycles. The Hall–Kier alpha value is 0.310. The van der Waals surface area contributed by atoms with E-state index in [1.54, 1.807) is 0 Å². The molecule has 0 saturated carbocycles. The monoisotopic (exact) mass is 147 g/mol. The van der Waals surface area contributed by atoms with Gasteiger partial charge in [0.2, 0.25) is 0 Å². The van der Waals surface area contributed by atoms with Gasteiger partial charge in [-0.15, -0.1) is 0 Å². The van der Waals surface area contributed by atoms with Gasteiger partial charge in [0.25, 0.3) is 0 Å². The molecule has 0 unspecified atom stereocenters. The molecular weight excluding hydrogens is 132 g/mol. The number of hydrogen-bond acceptors (Lipinski definition) is 1. The fraction of sp³-hybridized carbons (Fsp3) is 1.00. The van der Waals surface area contributed by atoms with E-state index in [9.17, 15) is 0 Å². The Morgan fingerprint density at radius 2 is 2.00 bits per heavy atom. The van der Waals surface area contributed by atoms with E-state index in [1.165, 1.54) is 25.7 Å². The van der Waals surface area contributed by atoms with Gasteiger partial charge in [-0.1, -0.05) is 38.8 Å². The molecule has 0 aromatic heterocycles.